The van der Waals surface area contributed by atoms with Crippen LogP contribution in [0.4, 0.5) is 0 Å². The molecule has 6 nitrogen and oxygen atoms in total. The van der Waals surface area contributed by atoms with E-state index >= 15 is 0 Å². The lowest BCUT2D eigenvalue weighted by Crippen LogP contribution is -2.17. The van der Waals surface area contributed by atoms with E-state index in [4.69, 9.17) is 0 Å². The zero-order valence-corrected chi connectivity index (χ0v) is 16.8. The Bertz CT molecular complexity index is 1320. The van der Waals surface area contributed by atoms with E-state index < -0.39 is 9.84 Å². The molecule has 1 aromatic heterocycles. The van der Waals surface area contributed by atoms with Crippen LogP contribution in [0.2, 0.25) is 0 Å². The van der Waals surface area contributed by atoms with Crippen molar-refractivity contribution in [2.24, 2.45) is 0 Å². The number of imidazole rings is 1. The van der Waals surface area contributed by atoms with Crippen molar-refractivity contribution in [2.75, 3.05) is 13.3 Å². The highest BCUT2D eigenvalue weighted by Crippen LogP contribution is 2.26. The maximum atomic E-state index is 11.8. The first-order chi connectivity index (χ1) is 13.9. The highest BCUT2D eigenvalue weighted by Gasteiger charge is 2.11. The van der Waals surface area contributed by atoms with E-state index in [1.165, 1.54) is 6.26 Å². The second-order valence-electron chi connectivity index (χ2n) is 6.74. The van der Waals surface area contributed by atoms with Gasteiger partial charge in [-0.15, -0.1) is 0 Å². The number of carbonyl (C=O) groups excluding carboxylic acids is 1. The van der Waals surface area contributed by atoms with E-state index in [1.54, 1.807) is 49.8 Å². The molecule has 3 aromatic carbocycles. The predicted molar refractivity (Wildman–Crippen MR) is 113 cm³/mol. The summed E-state index contributed by atoms with van der Waals surface area (Å²) in [6.45, 7) is 0. The van der Waals surface area contributed by atoms with E-state index in [9.17, 15) is 13.2 Å². The Labute approximate surface area is 168 Å². The summed E-state index contributed by atoms with van der Waals surface area (Å²) in [7, 11) is -1.63. The average molecular weight is 405 g/mol. The van der Waals surface area contributed by atoms with Gasteiger partial charge < -0.3 is 5.32 Å². The number of fused-ring (bicyclic) bond motifs is 1. The molecule has 0 atom stereocenters. The van der Waals surface area contributed by atoms with Gasteiger partial charge in [-0.3, -0.25) is 9.36 Å². The SMILES string of the molecule is CNC(=O)c1ccc2c(c1)ncn2-c1cccc(-c2ccc(S(C)(=O)=O)cc2)c1. The number of hydrogen-bond acceptors (Lipinski definition) is 4. The van der Waals surface area contributed by atoms with Crippen molar-refractivity contribution >= 4 is 26.8 Å². The van der Waals surface area contributed by atoms with Crippen LogP contribution in [0.1, 0.15) is 10.4 Å². The topological polar surface area (TPSA) is 81.1 Å². The third-order valence-electron chi connectivity index (χ3n) is 4.78. The smallest absolute Gasteiger partial charge is 0.251 e. The van der Waals surface area contributed by atoms with Crippen LogP contribution in [-0.4, -0.2) is 37.2 Å². The van der Waals surface area contributed by atoms with Crippen LogP contribution in [0, 0.1) is 0 Å². The summed E-state index contributed by atoms with van der Waals surface area (Å²) in [5.74, 6) is -0.152. The number of benzene rings is 3. The molecule has 29 heavy (non-hydrogen) atoms. The lowest BCUT2D eigenvalue weighted by atomic mass is 10.1. The van der Waals surface area contributed by atoms with Crippen LogP contribution in [-0.2, 0) is 9.84 Å². The summed E-state index contributed by atoms with van der Waals surface area (Å²) in [6, 6.07) is 20.2. The van der Waals surface area contributed by atoms with Gasteiger partial charge in [-0.05, 0) is 53.6 Å². The van der Waals surface area contributed by atoms with Crippen LogP contribution in [0.15, 0.2) is 78.0 Å². The minimum atomic E-state index is -3.22. The fraction of sp³-hybridized carbons (Fsp3) is 0.0909. The maximum absolute atomic E-state index is 11.8. The molecule has 0 fully saturated rings. The molecule has 0 aliphatic carbocycles. The van der Waals surface area contributed by atoms with Crippen molar-refractivity contribution in [3.8, 4) is 16.8 Å². The lowest BCUT2D eigenvalue weighted by molar-refractivity contribution is 0.0963. The molecule has 0 saturated heterocycles. The van der Waals surface area contributed by atoms with E-state index in [1.807, 2.05) is 34.9 Å². The van der Waals surface area contributed by atoms with Crippen molar-refractivity contribution in [1.29, 1.82) is 0 Å². The summed E-state index contributed by atoms with van der Waals surface area (Å²) in [6.07, 6.45) is 2.92. The number of rotatable bonds is 4. The van der Waals surface area contributed by atoms with E-state index in [2.05, 4.69) is 10.3 Å². The molecule has 4 rings (SSSR count). The van der Waals surface area contributed by atoms with Gasteiger partial charge in [0.1, 0.15) is 6.33 Å². The fourth-order valence-corrected chi connectivity index (χ4v) is 3.86. The van der Waals surface area contributed by atoms with Gasteiger partial charge in [0.05, 0.1) is 15.9 Å². The molecule has 146 valence electrons. The Morgan fingerprint density at radius 2 is 1.72 bits per heavy atom. The van der Waals surface area contributed by atoms with Gasteiger partial charge in [-0.1, -0.05) is 24.3 Å². The highest BCUT2D eigenvalue weighted by molar-refractivity contribution is 7.90. The summed E-state index contributed by atoms with van der Waals surface area (Å²) < 4.78 is 25.3. The molecule has 1 N–H and O–H groups in total. The standard InChI is InChI=1S/C22H19N3O3S/c1-23-22(26)17-8-11-21-20(13-17)24-14-25(21)18-5-3-4-16(12-18)15-6-9-19(10-7-15)29(2,27)28/h3-14H,1-2H3,(H,23,26). The average Bonchev–Trinajstić information content (AvgIpc) is 3.16. The van der Waals surface area contributed by atoms with Gasteiger partial charge in [0.15, 0.2) is 9.84 Å². The number of nitrogens with zero attached hydrogens (tertiary/aromatic N) is 2. The zero-order valence-electron chi connectivity index (χ0n) is 16.0. The van der Waals surface area contributed by atoms with Crippen molar-refractivity contribution < 1.29 is 13.2 Å². The fourth-order valence-electron chi connectivity index (χ4n) is 3.23. The van der Waals surface area contributed by atoms with Crippen LogP contribution in [0.3, 0.4) is 0 Å². The molecule has 0 radical (unpaired) electrons. The molecule has 4 aromatic rings. The second kappa shape index (κ2) is 7.18. The van der Waals surface area contributed by atoms with Crippen LogP contribution in [0.5, 0.6) is 0 Å². The Hall–Kier alpha value is -3.45. The minimum Gasteiger partial charge on any atom is -0.355 e. The monoisotopic (exact) mass is 405 g/mol. The summed E-state index contributed by atoms with van der Waals surface area (Å²) in [4.78, 5) is 16.6. The summed E-state index contributed by atoms with van der Waals surface area (Å²) >= 11 is 0. The Kier molecular flexibility index (Phi) is 4.68. The number of carbonyl (C=O) groups is 1. The Morgan fingerprint density at radius 1 is 0.966 bits per heavy atom. The van der Waals surface area contributed by atoms with E-state index in [0.29, 0.717) is 10.5 Å². The first-order valence-electron chi connectivity index (χ1n) is 8.97. The van der Waals surface area contributed by atoms with Gasteiger partial charge in [0, 0.05) is 24.6 Å². The molecule has 0 unspecified atom stereocenters. The van der Waals surface area contributed by atoms with E-state index in [-0.39, 0.29) is 5.91 Å². The van der Waals surface area contributed by atoms with Gasteiger partial charge in [-0.2, -0.15) is 0 Å². The van der Waals surface area contributed by atoms with Crippen molar-refractivity contribution in [1.82, 2.24) is 14.9 Å². The van der Waals surface area contributed by atoms with Crippen molar-refractivity contribution in [3.63, 3.8) is 0 Å². The predicted octanol–water partition coefficient (Wildman–Crippen LogP) is 3.46. The van der Waals surface area contributed by atoms with Gasteiger partial charge in [-0.25, -0.2) is 13.4 Å². The first kappa shape index (κ1) is 18.9. The highest BCUT2D eigenvalue weighted by atomic mass is 32.2. The molecule has 7 heteroatoms. The molecule has 0 bridgehead atoms. The molecule has 1 heterocycles. The van der Waals surface area contributed by atoms with E-state index in [0.717, 1.165) is 27.8 Å². The third kappa shape index (κ3) is 3.64. The molecule has 0 saturated carbocycles. The molecule has 0 aliphatic rings. The molecule has 1 amide bonds. The van der Waals surface area contributed by atoms with Crippen LogP contribution >= 0.6 is 0 Å². The number of nitrogens with one attached hydrogen (secondary N) is 1. The van der Waals surface area contributed by atoms with Crippen LogP contribution < -0.4 is 5.32 Å². The number of hydrogen-bond donors (Lipinski definition) is 1. The second-order valence-corrected chi connectivity index (χ2v) is 8.76. The molecular formula is C22H19N3O3S. The Morgan fingerprint density at radius 3 is 2.41 bits per heavy atom. The van der Waals surface area contributed by atoms with Gasteiger partial charge in [0.2, 0.25) is 0 Å². The molecule has 0 spiro atoms. The summed E-state index contributed by atoms with van der Waals surface area (Å²) in [5.41, 5.74) is 4.99. The molecule has 0 aliphatic heterocycles. The molecular weight excluding hydrogens is 386 g/mol. The maximum Gasteiger partial charge on any atom is 0.251 e. The van der Waals surface area contributed by atoms with Crippen molar-refractivity contribution in [3.05, 3.63) is 78.6 Å². The van der Waals surface area contributed by atoms with Gasteiger partial charge >= 0.3 is 0 Å². The number of amides is 1. The van der Waals surface area contributed by atoms with Gasteiger partial charge in [0.25, 0.3) is 5.91 Å². The summed E-state index contributed by atoms with van der Waals surface area (Å²) in [5, 5.41) is 2.61. The number of sulfone groups is 1. The Balaban J connectivity index is 1.73. The van der Waals surface area contributed by atoms with Crippen LogP contribution in [0.25, 0.3) is 27.8 Å². The largest absolute Gasteiger partial charge is 0.355 e. The number of aromatic nitrogens is 2. The van der Waals surface area contributed by atoms with Crippen molar-refractivity contribution in [2.45, 2.75) is 4.90 Å². The normalized spacial score (nSPS) is 11.5. The zero-order chi connectivity index (χ0) is 20.6. The third-order valence-corrected chi connectivity index (χ3v) is 5.91. The lowest BCUT2D eigenvalue weighted by Gasteiger charge is -2.09. The minimum absolute atomic E-state index is 0.152. The quantitative estimate of drug-likeness (QED) is 0.564. The first-order valence-corrected chi connectivity index (χ1v) is 10.9.